The zero-order valence-electron chi connectivity index (χ0n) is 29.9. The molecule has 7 aromatic carbocycles. The third-order valence-electron chi connectivity index (χ3n) is 10.3. The van der Waals surface area contributed by atoms with Gasteiger partial charge in [0.25, 0.3) is 0 Å². The molecule has 4 heterocycles. The van der Waals surface area contributed by atoms with E-state index in [0.29, 0.717) is 23.1 Å². The summed E-state index contributed by atoms with van der Waals surface area (Å²) in [6.07, 6.45) is 0. The van der Waals surface area contributed by atoms with E-state index in [9.17, 15) is 0 Å². The number of hydrogen-bond donors (Lipinski definition) is 0. The zero-order chi connectivity index (χ0) is 37.0. The van der Waals surface area contributed by atoms with E-state index in [-0.39, 0.29) is 0 Å². The molecular formula is C50H30N4O2. The van der Waals surface area contributed by atoms with Gasteiger partial charge in [-0.1, -0.05) is 146 Å². The summed E-state index contributed by atoms with van der Waals surface area (Å²) < 4.78 is 12.8. The number of rotatable bonds is 6. The van der Waals surface area contributed by atoms with Crippen molar-refractivity contribution >= 4 is 44.1 Å². The van der Waals surface area contributed by atoms with E-state index in [1.54, 1.807) is 0 Å². The molecule has 11 aromatic rings. The Morgan fingerprint density at radius 3 is 1.23 bits per heavy atom. The van der Waals surface area contributed by atoms with E-state index in [0.717, 1.165) is 88.6 Å². The second kappa shape index (κ2) is 13.0. The summed E-state index contributed by atoms with van der Waals surface area (Å²) in [4.78, 5) is 20.4. The van der Waals surface area contributed by atoms with Crippen molar-refractivity contribution in [2.24, 2.45) is 0 Å². The SMILES string of the molecule is c1ccc(-c2cc(-c3cccc(-c4nc(-c5ccccc5)nc5oc6ccccc6c45)c3)cc(-c3nc(-c4ccccc4)nc4oc5ccccc5c34)c2)cc1. The second-order valence-corrected chi connectivity index (χ2v) is 13.8. The molecule has 0 bridgehead atoms. The smallest absolute Gasteiger partial charge is 0.231 e. The molecule has 0 radical (unpaired) electrons. The number of furan rings is 2. The number of para-hydroxylation sites is 2. The molecule has 0 saturated carbocycles. The molecule has 4 aromatic heterocycles. The van der Waals surface area contributed by atoms with Crippen LogP contribution in [-0.4, -0.2) is 19.9 Å². The second-order valence-electron chi connectivity index (χ2n) is 13.8. The molecule has 6 nitrogen and oxygen atoms in total. The maximum atomic E-state index is 6.40. The Balaban J connectivity index is 1.15. The van der Waals surface area contributed by atoms with Crippen molar-refractivity contribution in [3.8, 4) is 67.5 Å². The van der Waals surface area contributed by atoms with Gasteiger partial charge < -0.3 is 8.83 Å². The van der Waals surface area contributed by atoms with E-state index in [2.05, 4.69) is 78.9 Å². The van der Waals surface area contributed by atoms with E-state index < -0.39 is 0 Å². The summed E-state index contributed by atoms with van der Waals surface area (Å²) in [6, 6.07) is 62.0. The van der Waals surface area contributed by atoms with Crippen LogP contribution in [0.2, 0.25) is 0 Å². The Hall–Kier alpha value is -7.70. The Labute approximate surface area is 321 Å². The topological polar surface area (TPSA) is 77.8 Å². The van der Waals surface area contributed by atoms with E-state index in [1.807, 2.05) is 103 Å². The van der Waals surface area contributed by atoms with Crippen molar-refractivity contribution in [2.75, 3.05) is 0 Å². The molecule has 0 amide bonds. The van der Waals surface area contributed by atoms with Gasteiger partial charge in [-0.15, -0.1) is 0 Å². The molecule has 0 aliphatic rings. The minimum atomic E-state index is 0.554. The highest BCUT2D eigenvalue weighted by molar-refractivity contribution is 6.12. The standard InChI is InChI=1S/C50H30N4O2/c1-4-15-31(16-5-1)36-28-37(30-38(29-36)46-44-40-24-11-13-26-42(40)56-50(44)54-48(52-46)33-19-8-3-9-20-33)34-21-14-22-35(27-34)45-43-39-23-10-12-25-41(39)55-49(43)53-47(51-45)32-17-6-2-7-18-32/h1-30H. The first-order valence-electron chi connectivity index (χ1n) is 18.5. The molecule has 56 heavy (non-hydrogen) atoms. The van der Waals surface area contributed by atoms with Crippen LogP contribution in [0.1, 0.15) is 0 Å². The predicted octanol–water partition coefficient (Wildman–Crippen LogP) is 13.1. The lowest BCUT2D eigenvalue weighted by Crippen LogP contribution is -1.95. The van der Waals surface area contributed by atoms with Crippen LogP contribution in [0.4, 0.5) is 0 Å². The molecule has 0 unspecified atom stereocenters. The lowest BCUT2D eigenvalue weighted by molar-refractivity contribution is 0.653. The Morgan fingerprint density at radius 1 is 0.286 bits per heavy atom. The van der Waals surface area contributed by atoms with Crippen molar-refractivity contribution < 1.29 is 8.83 Å². The lowest BCUT2D eigenvalue weighted by atomic mass is 9.92. The number of benzene rings is 7. The maximum absolute atomic E-state index is 6.40. The summed E-state index contributed by atoms with van der Waals surface area (Å²) in [6.45, 7) is 0. The average Bonchev–Trinajstić information content (AvgIpc) is 3.85. The van der Waals surface area contributed by atoms with Crippen LogP contribution in [0.5, 0.6) is 0 Å². The molecule has 11 rings (SSSR count). The Kier molecular flexibility index (Phi) is 7.38. The van der Waals surface area contributed by atoms with Gasteiger partial charge in [-0.05, 0) is 58.7 Å². The van der Waals surface area contributed by atoms with Gasteiger partial charge >= 0.3 is 0 Å². The van der Waals surface area contributed by atoms with Crippen molar-refractivity contribution in [1.29, 1.82) is 0 Å². The van der Waals surface area contributed by atoms with Crippen LogP contribution in [0, 0.1) is 0 Å². The number of hydrogen-bond acceptors (Lipinski definition) is 6. The van der Waals surface area contributed by atoms with Crippen molar-refractivity contribution in [3.63, 3.8) is 0 Å². The highest BCUT2D eigenvalue weighted by Crippen LogP contribution is 2.41. The van der Waals surface area contributed by atoms with Crippen molar-refractivity contribution in [3.05, 3.63) is 182 Å². The largest absolute Gasteiger partial charge is 0.438 e. The van der Waals surface area contributed by atoms with Gasteiger partial charge in [-0.2, -0.15) is 9.97 Å². The van der Waals surface area contributed by atoms with Crippen molar-refractivity contribution in [2.45, 2.75) is 0 Å². The third kappa shape index (κ3) is 5.43. The van der Waals surface area contributed by atoms with Gasteiger partial charge in [0.1, 0.15) is 11.2 Å². The quantitative estimate of drug-likeness (QED) is 0.170. The molecule has 0 N–H and O–H groups in total. The van der Waals surface area contributed by atoms with Gasteiger partial charge in [0.2, 0.25) is 11.4 Å². The fraction of sp³-hybridized carbons (Fsp3) is 0. The highest BCUT2D eigenvalue weighted by Gasteiger charge is 2.21. The minimum Gasteiger partial charge on any atom is -0.438 e. The van der Waals surface area contributed by atoms with Gasteiger partial charge in [-0.25, -0.2) is 9.97 Å². The van der Waals surface area contributed by atoms with Crippen LogP contribution in [0.15, 0.2) is 191 Å². The fourth-order valence-electron chi connectivity index (χ4n) is 7.67. The van der Waals surface area contributed by atoms with Crippen LogP contribution in [-0.2, 0) is 0 Å². The molecule has 0 spiro atoms. The third-order valence-corrected chi connectivity index (χ3v) is 10.3. The molecule has 6 heteroatoms. The molecule has 0 atom stereocenters. The monoisotopic (exact) mass is 718 g/mol. The van der Waals surface area contributed by atoms with Gasteiger partial charge in [0.15, 0.2) is 11.6 Å². The van der Waals surface area contributed by atoms with Crippen LogP contribution < -0.4 is 0 Å². The summed E-state index contributed by atoms with van der Waals surface area (Å²) in [7, 11) is 0. The summed E-state index contributed by atoms with van der Waals surface area (Å²) in [5.74, 6) is 1.22. The van der Waals surface area contributed by atoms with Crippen molar-refractivity contribution in [1.82, 2.24) is 19.9 Å². The normalized spacial score (nSPS) is 11.6. The summed E-state index contributed by atoms with van der Waals surface area (Å²) in [5, 5.41) is 3.72. The average molecular weight is 719 g/mol. The van der Waals surface area contributed by atoms with E-state index in [1.165, 1.54) is 0 Å². The zero-order valence-corrected chi connectivity index (χ0v) is 29.9. The Morgan fingerprint density at radius 2 is 0.679 bits per heavy atom. The van der Waals surface area contributed by atoms with Crippen LogP contribution in [0.3, 0.4) is 0 Å². The maximum Gasteiger partial charge on any atom is 0.231 e. The fourth-order valence-corrected chi connectivity index (χ4v) is 7.67. The number of fused-ring (bicyclic) bond motifs is 6. The number of aromatic nitrogens is 4. The van der Waals surface area contributed by atoms with E-state index >= 15 is 0 Å². The highest BCUT2D eigenvalue weighted by atomic mass is 16.3. The first-order chi connectivity index (χ1) is 27.7. The van der Waals surface area contributed by atoms with Gasteiger partial charge in [0, 0.05) is 33.0 Å². The van der Waals surface area contributed by atoms with Crippen LogP contribution in [0.25, 0.3) is 112 Å². The Bertz CT molecular complexity index is 3240. The van der Waals surface area contributed by atoms with E-state index in [4.69, 9.17) is 28.8 Å². The summed E-state index contributed by atoms with van der Waals surface area (Å²) in [5.41, 5.74) is 12.3. The molecule has 0 aliphatic heterocycles. The minimum absolute atomic E-state index is 0.554. The first kappa shape index (κ1) is 31.8. The molecule has 0 fully saturated rings. The van der Waals surface area contributed by atoms with Crippen LogP contribution >= 0.6 is 0 Å². The lowest BCUT2D eigenvalue weighted by Gasteiger charge is -2.13. The molecule has 0 aliphatic carbocycles. The number of nitrogens with zero attached hydrogens (tertiary/aromatic N) is 4. The molecular weight excluding hydrogens is 689 g/mol. The van der Waals surface area contributed by atoms with Gasteiger partial charge in [-0.3, -0.25) is 0 Å². The molecule has 262 valence electrons. The first-order valence-corrected chi connectivity index (χ1v) is 18.5. The summed E-state index contributed by atoms with van der Waals surface area (Å²) >= 11 is 0. The predicted molar refractivity (Wildman–Crippen MR) is 225 cm³/mol. The van der Waals surface area contributed by atoms with Gasteiger partial charge in [0.05, 0.1) is 22.2 Å². The molecule has 0 saturated heterocycles.